The van der Waals surface area contributed by atoms with Crippen molar-refractivity contribution in [1.29, 1.82) is 0 Å². The van der Waals surface area contributed by atoms with Gasteiger partial charge in [0.15, 0.2) is 5.60 Å². The fourth-order valence-electron chi connectivity index (χ4n) is 3.08. The van der Waals surface area contributed by atoms with Gasteiger partial charge in [-0.1, -0.05) is 42.8 Å². The molecule has 0 aliphatic rings. The largest absolute Gasteiger partial charge is 0.478 e. The molecule has 0 aliphatic heterocycles. The van der Waals surface area contributed by atoms with Crippen molar-refractivity contribution in [2.75, 3.05) is 11.4 Å². The molecule has 6 nitrogen and oxygen atoms in total. The molecule has 1 N–H and O–H groups in total. The minimum absolute atomic E-state index is 0.526. The number of halogens is 1. The lowest BCUT2D eigenvalue weighted by atomic mass is 10.1. The topological polar surface area (TPSA) is 75.6 Å². The summed E-state index contributed by atoms with van der Waals surface area (Å²) in [6, 6.07) is 15.3. The first kappa shape index (κ1) is 23.5. The summed E-state index contributed by atoms with van der Waals surface area (Å²) >= 11 is 6.03. The molecule has 0 saturated carbocycles. The first-order valence-corrected chi connectivity index (χ1v) is 11.0. The molecule has 32 heavy (non-hydrogen) atoms. The van der Waals surface area contributed by atoms with E-state index in [4.69, 9.17) is 16.3 Å². The zero-order valence-corrected chi connectivity index (χ0v) is 19.3. The molecule has 0 unspecified atom stereocenters. The van der Waals surface area contributed by atoms with Crippen LogP contribution in [0.3, 0.4) is 0 Å². The number of hydrogen-bond donors (Lipinski definition) is 1. The van der Waals surface area contributed by atoms with Crippen molar-refractivity contribution in [3.63, 3.8) is 0 Å². The predicted molar refractivity (Wildman–Crippen MR) is 126 cm³/mol. The van der Waals surface area contributed by atoms with Crippen molar-refractivity contribution in [3.05, 3.63) is 82.6 Å². The fraction of sp³-hybridized carbons (Fsp3) is 0.320. The maximum absolute atomic E-state index is 11.3. The van der Waals surface area contributed by atoms with Gasteiger partial charge in [0.05, 0.1) is 0 Å². The number of aliphatic carboxylic acids is 1. The number of hydrogen-bond acceptors (Lipinski definition) is 5. The molecule has 168 valence electrons. The van der Waals surface area contributed by atoms with Crippen LogP contribution in [0.5, 0.6) is 5.75 Å². The van der Waals surface area contributed by atoms with E-state index in [0.717, 1.165) is 36.1 Å². The van der Waals surface area contributed by atoms with E-state index < -0.39 is 11.6 Å². The maximum Gasteiger partial charge on any atom is 0.347 e. The number of benzene rings is 2. The highest BCUT2D eigenvalue weighted by Gasteiger charge is 2.29. The molecule has 1 aromatic heterocycles. The number of ether oxygens (including phenoxy) is 1. The summed E-state index contributed by atoms with van der Waals surface area (Å²) in [5, 5.41) is 9.94. The highest BCUT2D eigenvalue weighted by Crippen LogP contribution is 2.21. The minimum atomic E-state index is -1.28. The van der Waals surface area contributed by atoms with Crippen molar-refractivity contribution < 1.29 is 14.6 Å². The number of nitrogens with zero attached hydrogens (tertiary/aromatic N) is 3. The summed E-state index contributed by atoms with van der Waals surface area (Å²) in [5.41, 5.74) is 2.05. The molecular weight excluding hydrogens is 426 g/mol. The summed E-state index contributed by atoms with van der Waals surface area (Å²) in [7, 11) is 0. The number of carboxylic acid groups (broad SMARTS) is 1. The monoisotopic (exact) mass is 453 g/mol. The third kappa shape index (κ3) is 6.44. The highest BCUT2D eigenvalue weighted by atomic mass is 35.5. The van der Waals surface area contributed by atoms with Gasteiger partial charge in [0.1, 0.15) is 5.75 Å². The van der Waals surface area contributed by atoms with Crippen LogP contribution in [0.15, 0.2) is 60.9 Å². The van der Waals surface area contributed by atoms with Crippen LogP contribution < -0.4 is 9.64 Å². The molecule has 3 aromatic rings. The molecule has 2 aromatic carbocycles. The van der Waals surface area contributed by atoms with Gasteiger partial charge < -0.3 is 14.7 Å². The molecule has 0 atom stereocenters. The lowest BCUT2D eigenvalue weighted by molar-refractivity contribution is -0.152. The van der Waals surface area contributed by atoms with Crippen LogP contribution in [0.1, 0.15) is 37.5 Å². The van der Waals surface area contributed by atoms with Crippen molar-refractivity contribution in [2.24, 2.45) is 0 Å². The number of carbonyl (C=O) groups is 1. The molecule has 0 fully saturated rings. The van der Waals surface area contributed by atoms with Crippen molar-refractivity contribution in [3.8, 4) is 5.75 Å². The number of carboxylic acids is 1. The molecule has 0 aliphatic carbocycles. The Morgan fingerprint density at radius 3 is 2.16 bits per heavy atom. The van der Waals surface area contributed by atoms with Gasteiger partial charge in [-0.15, -0.1) is 0 Å². The van der Waals surface area contributed by atoms with Gasteiger partial charge in [0.2, 0.25) is 5.95 Å². The van der Waals surface area contributed by atoms with E-state index in [-0.39, 0.29) is 0 Å². The second kappa shape index (κ2) is 10.5. The summed E-state index contributed by atoms with van der Waals surface area (Å²) in [4.78, 5) is 22.5. The normalized spacial score (nSPS) is 11.2. The van der Waals surface area contributed by atoms with Crippen molar-refractivity contribution in [2.45, 2.75) is 45.8 Å². The molecule has 0 amide bonds. The van der Waals surface area contributed by atoms with Crippen LogP contribution in [-0.4, -0.2) is 33.2 Å². The zero-order valence-electron chi connectivity index (χ0n) is 18.6. The van der Waals surface area contributed by atoms with Crippen LogP contribution in [0, 0.1) is 0 Å². The van der Waals surface area contributed by atoms with E-state index in [9.17, 15) is 9.90 Å². The first-order chi connectivity index (χ1) is 15.3. The fourth-order valence-corrected chi connectivity index (χ4v) is 3.21. The Balaban J connectivity index is 1.71. The second-order valence-electron chi connectivity index (χ2n) is 8.10. The quantitative estimate of drug-likeness (QED) is 0.455. The summed E-state index contributed by atoms with van der Waals surface area (Å²) in [6.45, 7) is 6.52. The average molecular weight is 454 g/mol. The van der Waals surface area contributed by atoms with Gasteiger partial charge in [0, 0.05) is 30.5 Å². The number of aryl methyl sites for hydroxylation is 1. The molecule has 0 spiro atoms. The standard InChI is InChI=1S/C25H28ClN3O3/c1-4-18-15-27-24(28-16-18)29(17-20-5-9-21(26)10-6-20)14-13-19-7-11-22(12-8-19)32-25(2,3)23(30)31/h5-12,15-16H,4,13-14,17H2,1-3H3,(H,30,31). The minimum Gasteiger partial charge on any atom is -0.478 e. The van der Waals surface area contributed by atoms with Crippen molar-refractivity contribution in [1.82, 2.24) is 9.97 Å². The first-order valence-electron chi connectivity index (χ1n) is 10.6. The lowest BCUT2D eigenvalue weighted by Crippen LogP contribution is -2.37. The second-order valence-corrected chi connectivity index (χ2v) is 8.54. The Bertz CT molecular complexity index is 1020. The van der Waals surface area contributed by atoms with E-state index in [0.29, 0.717) is 23.3 Å². The number of anilines is 1. The molecule has 3 rings (SSSR count). The van der Waals surface area contributed by atoms with E-state index in [1.807, 2.05) is 48.8 Å². The van der Waals surface area contributed by atoms with Crippen LogP contribution >= 0.6 is 11.6 Å². The van der Waals surface area contributed by atoms with Crippen LogP contribution in [0.2, 0.25) is 5.02 Å². The Kier molecular flexibility index (Phi) is 7.70. The Labute approximate surface area is 193 Å². The summed E-state index contributed by atoms with van der Waals surface area (Å²) in [5.74, 6) is 0.200. The highest BCUT2D eigenvalue weighted by molar-refractivity contribution is 6.30. The van der Waals surface area contributed by atoms with Crippen LogP contribution in [0.4, 0.5) is 5.95 Å². The molecule has 7 heteroatoms. The Morgan fingerprint density at radius 2 is 1.59 bits per heavy atom. The van der Waals surface area contributed by atoms with E-state index in [1.54, 1.807) is 12.1 Å². The van der Waals surface area contributed by atoms with Gasteiger partial charge in [-0.05, 0) is 67.6 Å². The predicted octanol–water partition coefficient (Wildman–Crippen LogP) is 5.18. The zero-order chi connectivity index (χ0) is 23.1. The van der Waals surface area contributed by atoms with Gasteiger partial charge in [-0.25, -0.2) is 14.8 Å². The van der Waals surface area contributed by atoms with Gasteiger partial charge >= 0.3 is 5.97 Å². The Hall–Kier alpha value is -3.12. The smallest absolute Gasteiger partial charge is 0.347 e. The lowest BCUT2D eigenvalue weighted by Gasteiger charge is -2.23. The third-order valence-electron chi connectivity index (χ3n) is 5.15. The number of rotatable bonds is 10. The molecule has 0 radical (unpaired) electrons. The molecule has 0 bridgehead atoms. The Morgan fingerprint density at radius 1 is 1.00 bits per heavy atom. The SMILES string of the molecule is CCc1cnc(N(CCc2ccc(OC(C)(C)C(=O)O)cc2)Cc2ccc(Cl)cc2)nc1. The van der Waals surface area contributed by atoms with E-state index in [1.165, 1.54) is 13.8 Å². The maximum atomic E-state index is 11.3. The van der Waals surface area contributed by atoms with Crippen molar-refractivity contribution >= 4 is 23.5 Å². The number of aromatic nitrogens is 2. The van der Waals surface area contributed by atoms with Crippen LogP contribution in [0.25, 0.3) is 0 Å². The van der Waals surface area contributed by atoms with Gasteiger partial charge in [-0.3, -0.25) is 0 Å². The van der Waals surface area contributed by atoms with E-state index in [2.05, 4.69) is 21.8 Å². The van der Waals surface area contributed by atoms with E-state index >= 15 is 0 Å². The van der Waals surface area contributed by atoms with Crippen LogP contribution in [-0.2, 0) is 24.2 Å². The molecule has 1 heterocycles. The summed E-state index contributed by atoms with van der Waals surface area (Å²) < 4.78 is 5.58. The third-order valence-corrected chi connectivity index (χ3v) is 5.40. The average Bonchev–Trinajstić information content (AvgIpc) is 2.78. The molecule has 0 saturated heterocycles. The molecular formula is C25H28ClN3O3. The summed E-state index contributed by atoms with van der Waals surface area (Å²) in [6.07, 6.45) is 5.40. The van der Waals surface area contributed by atoms with Gasteiger partial charge in [0.25, 0.3) is 0 Å². The van der Waals surface area contributed by atoms with Gasteiger partial charge in [-0.2, -0.15) is 0 Å².